The van der Waals surface area contributed by atoms with Crippen LogP contribution in [0.3, 0.4) is 0 Å². The Labute approximate surface area is 132 Å². The van der Waals surface area contributed by atoms with Crippen LogP contribution < -0.4 is 11.1 Å². The fourth-order valence-electron chi connectivity index (χ4n) is 2.52. The maximum absolute atomic E-state index is 12.3. The average Bonchev–Trinajstić information content (AvgIpc) is 3.26. The Morgan fingerprint density at radius 2 is 2.29 bits per heavy atom. The van der Waals surface area contributed by atoms with Gasteiger partial charge in [0.25, 0.3) is 0 Å². The number of nitrogen functional groups attached to an aromatic ring is 1. The van der Waals surface area contributed by atoms with Gasteiger partial charge in [-0.15, -0.1) is 0 Å². The summed E-state index contributed by atoms with van der Waals surface area (Å²) in [5.74, 6) is 0.0767. The Bertz CT molecular complexity index is 534. The Balaban J connectivity index is 1.69. The lowest BCUT2D eigenvalue weighted by Gasteiger charge is -2.34. The van der Waals surface area contributed by atoms with E-state index in [1.807, 2.05) is 18.2 Å². The number of nitrogens with two attached hydrogens (primary N) is 1. The van der Waals surface area contributed by atoms with E-state index in [0.717, 1.165) is 35.1 Å². The summed E-state index contributed by atoms with van der Waals surface area (Å²) < 4.78 is 6.45. The number of ether oxygens (including phenoxy) is 1. The van der Waals surface area contributed by atoms with Crippen LogP contribution in [0.5, 0.6) is 0 Å². The zero-order valence-electron chi connectivity index (χ0n) is 11.8. The van der Waals surface area contributed by atoms with E-state index in [0.29, 0.717) is 25.8 Å². The number of nitrogens with zero attached hydrogens (tertiary/aromatic N) is 1. The molecule has 1 atom stereocenters. The minimum atomic E-state index is -0.220. The predicted molar refractivity (Wildman–Crippen MR) is 84.7 cm³/mol. The molecule has 2 aliphatic rings. The monoisotopic (exact) mass is 353 g/mol. The van der Waals surface area contributed by atoms with Gasteiger partial charge in [0.15, 0.2) is 0 Å². The van der Waals surface area contributed by atoms with Crippen molar-refractivity contribution >= 4 is 27.5 Å². The van der Waals surface area contributed by atoms with E-state index >= 15 is 0 Å². The van der Waals surface area contributed by atoms with Crippen molar-refractivity contribution in [2.24, 2.45) is 0 Å². The first-order valence-corrected chi connectivity index (χ1v) is 8.09. The Kier molecular flexibility index (Phi) is 4.47. The normalized spacial score (nSPS) is 23.0. The Morgan fingerprint density at radius 1 is 1.48 bits per heavy atom. The highest BCUT2D eigenvalue weighted by molar-refractivity contribution is 9.10. The second-order valence-electron chi connectivity index (χ2n) is 5.69. The van der Waals surface area contributed by atoms with Crippen LogP contribution in [-0.2, 0) is 16.1 Å². The van der Waals surface area contributed by atoms with Gasteiger partial charge in [-0.2, -0.15) is 0 Å². The van der Waals surface area contributed by atoms with E-state index in [1.165, 1.54) is 0 Å². The number of carbonyl (C=O) groups excluding carboxylic acids is 1. The molecule has 1 aliphatic heterocycles. The third-order valence-electron chi connectivity index (χ3n) is 3.95. The fraction of sp³-hybridized carbons (Fsp3) is 0.533. The zero-order chi connectivity index (χ0) is 14.8. The van der Waals surface area contributed by atoms with E-state index < -0.39 is 0 Å². The topological polar surface area (TPSA) is 67.6 Å². The molecule has 1 aromatic rings. The first-order valence-electron chi connectivity index (χ1n) is 7.29. The summed E-state index contributed by atoms with van der Waals surface area (Å²) in [6, 6.07) is 6.03. The molecule has 1 aliphatic carbocycles. The maximum atomic E-state index is 12.3. The number of hydrogen-bond donors (Lipinski definition) is 2. The van der Waals surface area contributed by atoms with Crippen LogP contribution in [0.2, 0.25) is 0 Å². The number of amides is 1. The van der Waals surface area contributed by atoms with Crippen molar-refractivity contribution in [1.82, 2.24) is 10.2 Å². The van der Waals surface area contributed by atoms with Crippen molar-refractivity contribution < 1.29 is 9.53 Å². The van der Waals surface area contributed by atoms with Gasteiger partial charge in [-0.1, -0.05) is 22.0 Å². The van der Waals surface area contributed by atoms with Gasteiger partial charge in [-0.25, -0.2) is 0 Å². The smallest absolute Gasteiger partial charge is 0.239 e. The van der Waals surface area contributed by atoms with Gasteiger partial charge in [0.2, 0.25) is 5.91 Å². The molecule has 5 nitrogen and oxygen atoms in total. The second-order valence-corrected chi connectivity index (χ2v) is 6.60. The molecule has 3 N–H and O–H groups in total. The molecule has 1 heterocycles. The molecule has 114 valence electrons. The molecule has 1 saturated carbocycles. The number of anilines is 1. The van der Waals surface area contributed by atoms with Crippen LogP contribution >= 0.6 is 15.9 Å². The number of halogens is 1. The lowest BCUT2D eigenvalue weighted by Crippen LogP contribution is -2.53. The van der Waals surface area contributed by atoms with E-state index in [4.69, 9.17) is 10.5 Å². The van der Waals surface area contributed by atoms with Gasteiger partial charge in [-0.05, 0) is 30.5 Å². The minimum Gasteiger partial charge on any atom is -0.398 e. The molecule has 1 amide bonds. The summed E-state index contributed by atoms with van der Waals surface area (Å²) in [7, 11) is 0. The van der Waals surface area contributed by atoms with Gasteiger partial charge in [0.1, 0.15) is 6.04 Å². The van der Waals surface area contributed by atoms with Gasteiger partial charge >= 0.3 is 0 Å². The molecule has 0 spiro atoms. The largest absolute Gasteiger partial charge is 0.398 e. The summed E-state index contributed by atoms with van der Waals surface area (Å²) in [5.41, 5.74) is 7.86. The highest BCUT2D eigenvalue weighted by atomic mass is 79.9. The van der Waals surface area contributed by atoms with E-state index in [9.17, 15) is 4.79 Å². The van der Waals surface area contributed by atoms with Crippen LogP contribution in [0.1, 0.15) is 18.4 Å². The Hall–Kier alpha value is -1.11. The second kappa shape index (κ2) is 6.34. The average molecular weight is 354 g/mol. The number of rotatable bonds is 4. The summed E-state index contributed by atoms with van der Waals surface area (Å²) in [5, 5.41) is 3.06. The van der Waals surface area contributed by atoms with Crippen LogP contribution in [-0.4, -0.2) is 42.6 Å². The molecular formula is C15H20BrN3O2. The van der Waals surface area contributed by atoms with E-state index in [1.54, 1.807) is 0 Å². The van der Waals surface area contributed by atoms with Crippen LogP contribution in [0.15, 0.2) is 22.7 Å². The number of morpholine rings is 1. The minimum absolute atomic E-state index is 0.0767. The highest BCUT2D eigenvalue weighted by Crippen LogP contribution is 2.23. The van der Waals surface area contributed by atoms with Gasteiger partial charge in [-0.3, -0.25) is 9.69 Å². The van der Waals surface area contributed by atoms with Gasteiger partial charge in [0.05, 0.1) is 13.2 Å². The van der Waals surface area contributed by atoms with E-state index in [-0.39, 0.29) is 11.9 Å². The third kappa shape index (κ3) is 3.75. The van der Waals surface area contributed by atoms with Crippen LogP contribution in [0.4, 0.5) is 5.69 Å². The van der Waals surface area contributed by atoms with Gasteiger partial charge < -0.3 is 15.8 Å². The molecule has 0 aromatic heterocycles. The lowest BCUT2D eigenvalue weighted by atomic mass is 10.1. The molecule has 0 bridgehead atoms. The summed E-state index contributed by atoms with van der Waals surface area (Å²) >= 11 is 3.41. The van der Waals surface area contributed by atoms with Crippen LogP contribution in [0, 0.1) is 0 Å². The number of benzene rings is 1. The predicted octanol–water partition coefficient (Wildman–Crippen LogP) is 1.51. The van der Waals surface area contributed by atoms with Crippen LogP contribution in [0.25, 0.3) is 0 Å². The lowest BCUT2D eigenvalue weighted by molar-refractivity contribution is -0.133. The molecule has 21 heavy (non-hydrogen) atoms. The van der Waals surface area contributed by atoms with Crippen molar-refractivity contribution in [3.05, 3.63) is 28.2 Å². The fourth-order valence-corrected chi connectivity index (χ4v) is 2.90. The van der Waals surface area contributed by atoms with Crippen molar-refractivity contribution in [2.45, 2.75) is 31.5 Å². The zero-order valence-corrected chi connectivity index (χ0v) is 13.4. The first kappa shape index (κ1) is 14.8. The maximum Gasteiger partial charge on any atom is 0.239 e. The van der Waals surface area contributed by atoms with Crippen molar-refractivity contribution in [3.8, 4) is 0 Å². The standard InChI is InChI=1S/C15H20BrN3O2/c16-11-2-1-10(13(17)7-11)8-19-5-6-21-9-14(19)15(20)18-12-3-4-12/h1-2,7,12,14H,3-6,8-9,17H2,(H,18,20). The quantitative estimate of drug-likeness (QED) is 0.805. The summed E-state index contributed by atoms with van der Waals surface area (Å²) in [6.45, 7) is 2.53. The molecule has 0 radical (unpaired) electrons. The first-order chi connectivity index (χ1) is 10.1. The molecule has 6 heteroatoms. The SMILES string of the molecule is Nc1cc(Br)ccc1CN1CCOCC1C(=O)NC1CC1. The molecular weight excluding hydrogens is 334 g/mol. The molecule has 1 aromatic carbocycles. The van der Waals surface area contributed by atoms with E-state index in [2.05, 4.69) is 26.1 Å². The molecule has 1 saturated heterocycles. The van der Waals surface area contributed by atoms with Crippen molar-refractivity contribution in [2.75, 3.05) is 25.5 Å². The molecule has 1 unspecified atom stereocenters. The number of carbonyl (C=O) groups is 1. The number of hydrogen-bond acceptors (Lipinski definition) is 4. The highest BCUT2D eigenvalue weighted by Gasteiger charge is 2.33. The van der Waals surface area contributed by atoms with Crippen molar-refractivity contribution in [3.63, 3.8) is 0 Å². The van der Waals surface area contributed by atoms with Gasteiger partial charge in [0, 0.05) is 29.3 Å². The molecule has 3 rings (SSSR count). The number of nitrogens with one attached hydrogen (secondary N) is 1. The van der Waals surface area contributed by atoms with Crippen molar-refractivity contribution in [1.29, 1.82) is 0 Å². The summed E-state index contributed by atoms with van der Waals surface area (Å²) in [4.78, 5) is 14.5. The Morgan fingerprint density at radius 3 is 3.00 bits per heavy atom. The summed E-state index contributed by atoms with van der Waals surface area (Å²) in [6.07, 6.45) is 2.19. The molecule has 2 fully saturated rings. The third-order valence-corrected chi connectivity index (χ3v) is 4.44.